The van der Waals surface area contributed by atoms with Gasteiger partial charge in [-0.25, -0.2) is 17.8 Å². The van der Waals surface area contributed by atoms with Gasteiger partial charge in [0, 0.05) is 0 Å². The predicted octanol–water partition coefficient (Wildman–Crippen LogP) is 3.39. The van der Waals surface area contributed by atoms with E-state index < -0.39 is 10.0 Å². The monoisotopic (exact) mass is 370 g/mol. The van der Waals surface area contributed by atoms with E-state index in [1.165, 1.54) is 6.33 Å². The number of nitrogens with zero attached hydrogens (tertiary/aromatic N) is 3. The van der Waals surface area contributed by atoms with Gasteiger partial charge in [-0.05, 0) is 36.6 Å². The molecule has 0 spiro atoms. The van der Waals surface area contributed by atoms with E-state index in [0.717, 1.165) is 29.5 Å². The SMILES string of the molecule is CCCc1ccc(S(=O)(=O)Nc2ncn(Cc3cccc(C)c3)n2)cc1. The van der Waals surface area contributed by atoms with Gasteiger partial charge in [-0.2, -0.15) is 4.98 Å². The number of rotatable bonds is 7. The molecule has 0 aliphatic heterocycles. The quantitative estimate of drug-likeness (QED) is 0.692. The first-order chi connectivity index (χ1) is 12.5. The van der Waals surface area contributed by atoms with Crippen molar-refractivity contribution in [2.75, 3.05) is 4.72 Å². The van der Waals surface area contributed by atoms with Crippen molar-refractivity contribution in [2.45, 2.75) is 38.1 Å². The molecule has 0 bridgehead atoms. The number of aryl methyl sites for hydroxylation is 2. The standard InChI is InChI=1S/C19H22N4O2S/c1-3-5-16-8-10-18(11-9-16)26(24,25)22-19-20-14-23(21-19)13-17-7-4-6-15(2)12-17/h4,6-12,14H,3,5,13H2,1-2H3,(H,21,22). The highest BCUT2D eigenvalue weighted by molar-refractivity contribution is 7.92. The zero-order chi connectivity index (χ0) is 18.6. The van der Waals surface area contributed by atoms with E-state index in [1.54, 1.807) is 16.8 Å². The Morgan fingerprint density at radius 3 is 2.54 bits per heavy atom. The third-order valence-electron chi connectivity index (χ3n) is 3.96. The summed E-state index contributed by atoms with van der Waals surface area (Å²) < 4.78 is 29.0. The van der Waals surface area contributed by atoms with E-state index in [9.17, 15) is 8.42 Å². The molecule has 0 amide bonds. The van der Waals surface area contributed by atoms with Crippen molar-refractivity contribution < 1.29 is 8.42 Å². The van der Waals surface area contributed by atoms with Crippen molar-refractivity contribution in [3.8, 4) is 0 Å². The first-order valence-corrected chi connectivity index (χ1v) is 10.0. The summed E-state index contributed by atoms with van der Waals surface area (Å²) in [6.45, 7) is 4.64. The molecule has 0 saturated heterocycles. The maximum Gasteiger partial charge on any atom is 0.264 e. The Hall–Kier alpha value is -2.67. The van der Waals surface area contributed by atoms with Gasteiger partial charge in [-0.3, -0.25) is 0 Å². The predicted molar refractivity (Wildman–Crippen MR) is 102 cm³/mol. The highest BCUT2D eigenvalue weighted by Gasteiger charge is 2.16. The summed E-state index contributed by atoms with van der Waals surface area (Å²) in [5, 5.41) is 4.21. The Bertz CT molecular complexity index is 979. The van der Waals surface area contributed by atoms with Crippen LogP contribution in [0.3, 0.4) is 0 Å². The highest BCUT2D eigenvalue weighted by Crippen LogP contribution is 2.15. The lowest BCUT2D eigenvalue weighted by atomic mass is 10.1. The van der Waals surface area contributed by atoms with Crippen LogP contribution in [0, 0.1) is 6.92 Å². The van der Waals surface area contributed by atoms with E-state index >= 15 is 0 Å². The Balaban J connectivity index is 1.71. The molecule has 0 unspecified atom stereocenters. The van der Waals surface area contributed by atoms with Gasteiger partial charge in [-0.15, -0.1) is 5.10 Å². The maximum atomic E-state index is 12.5. The molecule has 1 aromatic heterocycles. The average Bonchev–Trinajstić information content (AvgIpc) is 3.02. The molecule has 0 fully saturated rings. The van der Waals surface area contributed by atoms with Crippen LogP contribution in [0.1, 0.15) is 30.0 Å². The van der Waals surface area contributed by atoms with Crippen LogP contribution in [0.2, 0.25) is 0 Å². The summed E-state index contributed by atoms with van der Waals surface area (Å²) in [4.78, 5) is 4.26. The van der Waals surface area contributed by atoms with Gasteiger partial charge < -0.3 is 0 Å². The van der Waals surface area contributed by atoms with Crippen LogP contribution < -0.4 is 4.72 Å². The largest absolute Gasteiger partial charge is 0.264 e. The number of sulfonamides is 1. The van der Waals surface area contributed by atoms with E-state index in [0.29, 0.717) is 6.54 Å². The average molecular weight is 370 g/mol. The molecule has 0 aliphatic carbocycles. The van der Waals surface area contributed by atoms with Crippen LogP contribution in [-0.2, 0) is 23.0 Å². The van der Waals surface area contributed by atoms with Crippen molar-refractivity contribution in [1.29, 1.82) is 0 Å². The fraction of sp³-hybridized carbons (Fsp3) is 0.263. The van der Waals surface area contributed by atoms with Gasteiger partial charge in [0.15, 0.2) is 0 Å². The fourth-order valence-corrected chi connectivity index (χ4v) is 3.66. The second-order valence-corrected chi connectivity index (χ2v) is 7.94. The Labute approximate surface area is 154 Å². The number of benzene rings is 2. The smallest absolute Gasteiger partial charge is 0.246 e. The van der Waals surface area contributed by atoms with Gasteiger partial charge in [0.05, 0.1) is 11.4 Å². The topological polar surface area (TPSA) is 76.9 Å². The number of hydrogen-bond donors (Lipinski definition) is 1. The van der Waals surface area contributed by atoms with E-state index in [4.69, 9.17) is 0 Å². The van der Waals surface area contributed by atoms with Crippen molar-refractivity contribution >= 4 is 16.0 Å². The number of aromatic nitrogens is 3. The molecule has 1 N–H and O–H groups in total. The first-order valence-electron chi connectivity index (χ1n) is 8.53. The van der Waals surface area contributed by atoms with E-state index in [1.807, 2.05) is 37.3 Å². The van der Waals surface area contributed by atoms with Crippen LogP contribution in [0.25, 0.3) is 0 Å². The molecule has 136 valence electrons. The highest BCUT2D eigenvalue weighted by atomic mass is 32.2. The van der Waals surface area contributed by atoms with Crippen molar-refractivity contribution in [3.05, 3.63) is 71.5 Å². The number of anilines is 1. The summed E-state index contributed by atoms with van der Waals surface area (Å²) in [5.74, 6) is 0.0651. The van der Waals surface area contributed by atoms with Gasteiger partial charge in [-0.1, -0.05) is 55.3 Å². The van der Waals surface area contributed by atoms with Crippen molar-refractivity contribution in [2.24, 2.45) is 0 Å². The molecule has 0 aliphatic rings. The molecule has 0 saturated carbocycles. The van der Waals surface area contributed by atoms with E-state index in [-0.39, 0.29) is 10.8 Å². The number of nitrogens with one attached hydrogen (secondary N) is 1. The second kappa shape index (κ2) is 7.70. The third kappa shape index (κ3) is 4.49. The van der Waals surface area contributed by atoms with Crippen molar-refractivity contribution in [1.82, 2.24) is 14.8 Å². The summed E-state index contributed by atoms with van der Waals surface area (Å²) in [6.07, 6.45) is 3.47. The molecule has 1 heterocycles. The van der Waals surface area contributed by atoms with Gasteiger partial charge in [0.2, 0.25) is 0 Å². The van der Waals surface area contributed by atoms with Crippen molar-refractivity contribution in [3.63, 3.8) is 0 Å². The molecular formula is C19H22N4O2S. The Kier molecular flexibility index (Phi) is 5.37. The minimum atomic E-state index is -3.70. The van der Waals surface area contributed by atoms with Crippen LogP contribution in [0.5, 0.6) is 0 Å². The maximum absolute atomic E-state index is 12.5. The summed E-state index contributed by atoms with van der Waals surface area (Å²) in [7, 11) is -3.70. The molecule has 7 heteroatoms. The second-order valence-electron chi connectivity index (χ2n) is 6.25. The third-order valence-corrected chi connectivity index (χ3v) is 5.31. The molecular weight excluding hydrogens is 348 g/mol. The molecule has 0 atom stereocenters. The van der Waals surface area contributed by atoms with Crippen LogP contribution in [0.4, 0.5) is 5.95 Å². The normalized spacial score (nSPS) is 11.5. The van der Waals surface area contributed by atoms with Gasteiger partial charge in [0.25, 0.3) is 16.0 Å². The summed E-state index contributed by atoms with van der Waals surface area (Å²) in [6, 6.07) is 14.9. The minimum Gasteiger partial charge on any atom is -0.246 e. The zero-order valence-corrected chi connectivity index (χ0v) is 15.7. The minimum absolute atomic E-state index is 0.0651. The molecule has 3 rings (SSSR count). The van der Waals surface area contributed by atoms with Gasteiger partial charge >= 0.3 is 0 Å². The molecule has 3 aromatic rings. The lowest BCUT2D eigenvalue weighted by Gasteiger charge is -2.06. The summed E-state index contributed by atoms with van der Waals surface area (Å²) >= 11 is 0. The number of hydrogen-bond acceptors (Lipinski definition) is 4. The Morgan fingerprint density at radius 1 is 1.08 bits per heavy atom. The van der Waals surface area contributed by atoms with Crippen LogP contribution in [0.15, 0.2) is 59.8 Å². The van der Waals surface area contributed by atoms with Gasteiger partial charge in [0.1, 0.15) is 6.33 Å². The lowest BCUT2D eigenvalue weighted by molar-refractivity contribution is 0.600. The lowest BCUT2D eigenvalue weighted by Crippen LogP contribution is -2.14. The summed E-state index contributed by atoms with van der Waals surface area (Å²) in [5.41, 5.74) is 3.36. The van der Waals surface area contributed by atoms with E-state index in [2.05, 4.69) is 27.8 Å². The zero-order valence-electron chi connectivity index (χ0n) is 14.9. The Morgan fingerprint density at radius 2 is 1.85 bits per heavy atom. The molecule has 6 nitrogen and oxygen atoms in total. The van der Waals surface area contributed by atoms with Crippen LogP contribution >= 0.6 is 0 Å². The first kappa shape index (κ1) is 18.1. The fourth-order valence-electron chi connectivity index (χ4n) is 2.72. The van der Waals surface area contributed by atoms with Crippen LogP contribution in [-0.4, -0.2) is 23.2 Å². The molecule has 0 radical (unpaired) electrons. The molecule has 26 heavy (non-hydrogen) atoms. The molecule has 2 aromatic carbocycles.